The summed E-state index contributed by atoms with van der Waals surface area (Å²) in [5, 5.41) is 7.03. The van der Waals surface area contributed by atoms with Crippen LogP contribution in [0.4, 0.5) is 11.5 Å². The minimum Gasteiger partial charge on any atom is -0.394 e. The van der Waals surface area contributed by atoms with Crippen molar-refractivity contribution in [2.45, 2.75) is 47.5 Å². The van der Waals surface area contributed by atoms with E-state index in [1.807, 2.05) is 6.92 Å². The van der Waals surface area contributed by atoms with E-state index in [4.69, 9.17) is 5.73 Å². The largest absolute Gasteiger partial charge is 0.394 e. The standard InChI is InChI=1S/C14H26N4O/c1-9(8-14(3,4)5)7-11(19)16-13-12(15)10(2)17-18(13)6/h9H,7-8,15H2,1-6H3,(H,16,19). The average molecular weight is 266 g/mol. The van der Waals surface area contributed by atoms with Crippen LogP contribution in [-0.4, -0.2) is 15.7 Å². The lowest BCUT2D eigenvalue weighted by Crippen LogP contribution is -2.20. The van der Waals surface area contributed by atoms with Crippen LogP contribution >= 0.6 is 0 Å². The summed E-state index contributed by atoms with van der Waals surface area (Å²) in [4.78, 5) is 12.0. The number of nitrogens with two attached hydrogens (primary N) is 1. The Balaban J connectivity index is 2.61. The van der Waals surface area contributed by atoms with Crippen LogP contribution < -0.4 is 11.1 Å². The molecule has 1 aromatic rings. The Morgan fingerprint density at radius 1 is 1.47 bits per heavy atom. The highest BCUT2D eigenvalue weighted by molar-refractivity contribution is 5.93. The van der Waals surface area contributed by atoms with E-state index in [1.54, 1.807) is 11.7 Å². The number of rotatable bonds is 4. The number of hydrogen-bond acceptors (Lipinski definition) is 3. The molecule has 0 saturated heterocycles. The second-order valence-corrected chi connectivity index (χ2v) is 6.59. The Labute approximate surface area is 115 Å². The molecule has 0 radical (unpaired) electrons. The second-order valence-electron chi connectivity index (χ2n) is 6.59. The minimum atomic E-state index is -0.00792. The second kappa shape index (κ2) is 5.63. The van der Waals surface area contributed by atoms with Crippen molar-refractivity contribution in [3.05, 3.63) is 5.69 Å². The summed E-state index contributed by atoms with van der Waals surface area (Å²) in [7, 11) is 1.78. The normalized spacial score (nSPS) is 13.4. The third-order valence-electron chi connectivity index (χ3n) is 3.02. The van der Waals surface area contributed by atoms with E-state index in [-0.39, 0.29) is 11.3 Å². The van der Waals surface area contributed by atoms with Gasteiger partial charge in [-0.05, 0) is 24.7 Å². The molecule has 5 heteroatoms. The van der Waals surface area contributed by atoms with Gasteiger partial charge < -0.3 is 11.1 Å². The highest BCUT2D eigenvalue weighted by atomic mass is 16.1. The van der Waals surface area contributed by atoms with Crippen LogP contribution in [0.15, 0.2) is 0 Å². The number of amides is 1. The van der Waals surface area contributed by atoms with E-state index in [0.29, 0.717) is 23.8 Å². The fourth-order valence-corrected chi connectivity index (χ4v) is 2.44. The van der Waals surface area contributed by atoms with Gasteiger partial charge in [-0.15, -0.1) is 0 Å². The molecule has 0 bridgehead atoms. The molecule has 0 aliphatic heterocycles. The zero-order valence-electron chi connectivity index (χ0n) is 12.9. The van der Waals surface area contributed by atoms with Gasteiger partial charge in [0.15, 0.2) is 5.82 Å². The van der Waals surface area contributed by atoms with Crippen molar-refractivity contribution in [2.24, 2.45) is 18.4 Å². The first-order valence-electron chi connectivity index (χ1n) is 6.69. The highest BCUT2D eigenvalue weighted by Crippen LogP contribution is 2.27. The van der Waals surface area contributed by atoms with Gasteiger partial charge >= 0.3 is 0 Å². The SMILES string of the molecule is Cc1nn(C)c(NC(=O)CC(C)CC(C)(C)C)c1N. The maximum absolute atomic E-state index is 12.0. The summed E-state index contributed by atoms with van der Waals surface area (Å²) in [6.45, 7) is 10.5. The molecule has 3 N–H and O–H groups in total. The molecular weight excluding hydrogens is 240 g/mol. The molecule has 0 aromatic carbocycles. The average Bonchev–Trinajstić information content (AvgIpc) is 2.42. The number of aromatic nitrogens is 2. The number of carbonyl (C=O) groups excluding carboxylic acids is 1. The summed E-state index contributed by atoms with van der Waals surface area (Å²) in [6, 6.07) is 0. The Bertz CT molecular complexity index is 457. The van der Waals surface area contributed by atoms with Gasteiger partial charge in [-0.2, -0.15) is 5.10 Å². The van der Waals surface area contributed by atoms with E-state index >= 15 is 0 Å². The van der Waals surface area contributed by atoms with Crippen LogP contribution in [-0.2, 0) is 11.8 Å². The van der Waals surface area contributed by atoms with Crippen molar-refractivity contribution in [3.8, 4) is 0 Å². The number of aryl methyl sites for hydroxylation is 2. The van der Waals surface area contributed by atoms with Crippen LogP contribution in [0.1, 0.15) is 46.2 Å². The summed E-state index contributed by atoms with van der Waals surface area (Å²) in [5.74, 6) is 0.924. The zero-order chi connectivity index (χ0) is 14.8. The van der Waals surface area contributed by atoms with Crippen molar-refractivity contribution < 1.29 is 4.79 Å². The van der Waals surface area contributed by atoms with E-state index in [2.05, 4.69) is 38.1 Å². The van der Waals surface area contributed by atoms with Crippen LogP contribution in [0.5, 0.6) is 0 Å². The predicted molar refractivity (Wildman–Crippen MR) is 78.8 cm³/mol. The maximum atomic E-state index is 12.0. The van der Waals surface area contributed by atoms with Gasteiger partial charge in [-0.3, -0.25) is 9.48 Å². The molecule has 1 atom stereocenters. The molecule has 19 heavy (non-hydrogen) atoms. The fourth-order valence-electron chi connectivity index (χ4n) is 2.44. The minimum absolute atomic E-state index is 0.00792. The van der Waals surface area contributed by atoms with E-state index in [1.165, 1.54) is 0 Å². The van der Waals surface area contributed by atoms with Gasteiger partial charge in [-0.25, -0.2) is 0 Å². The summed E-state index contributed by atoms with van der Waals surface area (Å²) in [5.41, 5.74) is 7.40. The quantitative estimate of drug-likeness (QED) is 0.880. The fraction of sp³-hybridized carbons (Fsp3) is 0.714. The van der Waals surface area contributed by atoms with Crippen LogP contribution in [0, 0.1) is 18.3 Å². The third kappa shape index (κ3) is 4.58. The molecular formula is C14H26N4O. The van der Waals surface area contributed by atoms with Crippen LogP contribution in [0.2, 0.25) is 0 Å². The summed E-state index contributed by atoms with van der Waals surface area (Å²) in [6.07, 6.45) is 1.52. The number of hydrogen-bond donors (Lipinski definition) is 2. The van der Waals surface area contributed by atoms with Crippen LogP contribution in [0.3, 0.4) is 0 Å². The van der Waals surface area contributed by atoms with E-state index in [9.17, 15) is 4.79 Å². The topological polar surface area (TPSA) is 72.9 Å². The molecule has 0 fully saturated rings. The Morgan fingerprint density at radius 3 is 2.47 bits per heavy atom. The van der Waals surface area contributed by atoms with Crippen molar-refractivity contribution in [1.29, 1.82) is 0 Å². The number of carbonyl (C=O) groups is 1. The Hall–Kier alpha value is -1.52. The van der Waals surface area contributed by atoms with Gasteiger partial charge in [0.2, 0.25) is 5.91 Å². The van der Waals surface area contributed by atoms with Gasteiger partial charge in [0.05, 0.1) is 11.4 Å². The van der Waals surface area contributed by atoms with Crippen molar-refractivity contribution in [2.75, 3.05) is 11.1 Å². The molecule has 108 valence electrons. The van der Waals surface area contributed by atoms with Gasteiger partial charge in [0.1, 0.15) is 0 Å². The predicted octanol–water partition coefficient (Wildman–Crippen LogP) is 2.71. The molecule has 0 spiro atoms. The molecule has 1 rings (SSSR count). The first kappa shape index (κ1) is 15.5. The molecule has 0 aliphatic carbocycles. The molecule has 1 heterocycles. The third-order valence-corrected chi connectivity index (χ3v) is 3.02. The van der Waals surface area contributed by atoms with Gasteiger partial charge in [-0.1, -0.05) is 27.7 Å². The summed E-state index contributed by atoms with van der Waals surface area (Å²) >= 11 is 0. The zero-order valence-corrected chi connectivity index (χ0v) is 12.9. The van der Waals surface area contributed by atoms with Crippen LogP contribution in [0.25, 0.3) is 0 Å². The summed E-state index contributed by atoms with van der Waals surface area (Å²) < 4.78 is 1.61. The number of nitrogens with one attached hydrogen (secondary N) is 1. The molecule has 1 unspecified atom stereocenters. The van der Waals surface area contributed by atoms with E-state index in [0.717, 1.165) is 12.1 Å². The first-order chi connectivity index (χ1) is 8.60. The Kier molecular flexibility index (Phi) is 4.61. The number of nitrogens with zero attached hydrogens (tertiary/aromatic N) is 2. The smallest absolute Gasteiger partial charge is 0.225 e. The van der Waals surface area contributed by atoms with Crippen molar-refractivity contribution in [3.63, 3.8) is 0 Å². The molecule has 0 aliphatic rings. The lowest BCUT2D eigenvalue weighted by Gasteiger charge is -2.22. The highest BCUT2D eigenvalue weighted by Gasteiger charge is 2.19. The number of anilines is 2. The first-order valence-corrected chi connectivity index (χ1v) is 6.69. The monoisotopic (exact) mass is 266 g/mol. The number of nitrogen functional groups attached to an aromatic ring is 1. The van der Waals surface area contributed by atoms with Gasteiger partial charge in [0.25, 0.3) is 0 Å². The van der Waals surface area contributed by atoms with Crippen molar-refractivity contribution in [1.82, 2.24) is 9.78 Å². The molecule has 1 amide bonds. The van der Waals surface area contributed by atoms with E-state index < -0.39 is 0 Å². The molecule has 5 nitrogen and oxygen atoms in total. The van der Waals surface area contributed by atoms with Gasteiger partial charge in [0, 0.05) is 13.5 Å². The van der Waals surface area contributed by atoms with Crippen molar-refractivity contribution >= 4 is 17.4 Å². The molecule has 0 saturated carbocycles. The molecule has 1 aromatic heterocycles. The lowest BCUT2D eigenvalue weighted by molar-refractivity contribution is -0.117. The lowest BCUT2D eigenvalue weighted by atomic mass is 9.84. The maximum Gasteiger partial charge on any atom is 0.225 e. The Morgan fingerprint density at radius 2 is 2.05 bits per heavy atom.